The second kappa shape index (κ2) is 7.80. The summed E-state index contributed by atoms with van der Waals surface area (Å²) in [6, 6.07) is 20.6. The van der Waals surface area contributed by atoms with Gasteiger partial charge in [0, 0.05) is 11.1 Å². The number of nitrogens with zero attached hydrogens (tertiary/aromatic N) is 1. The van der Waals surface area contributed by atoms with E-state index in [2.05, 4.69) is 15.6 Å². The van der Waals surface area contributed by atoms with E-state index in [-0.39, 0.29) is 11.8 Å². The summed E-state index contributed by atoms with van der Waals surface area (Å²) in [4.78, 5) is 30.6. The van der Waals surface area contributed by atoms with Crippen molar-refractivity contribution in [2.45, 2.75) is 37.6 Å². The fourth-order valence-corrected chi connectivity index (χ4v) is 3.81. The van der Waals surface area contributed by atoms with Gasteiger partial charge in [0.2, 0.25) is 5.91 Å². The van der Waals surface area contributed by atoms with Crippen molar-refractivity contribution in [3.63, 3.8) is 0 Å². The third-order valence-corrected chi connectivity index (χ3v) is 5.36. The minimum absolute atomic E-state index is 0.160. The first kappa shape index (κ1) is 18.2. The Bertz CT molecular complexity index is 995. The van der Waals surface area contributed by atoms with Gasteiger partial charge in [-0.3, -0.25) is 9.59 Å². The summed E-state index contributed by atoms with van der Waals surface area (Å²) in [6.45, 7) is 0. The van der Waals surface area contributed by atoms with Crippen molar-refractivity contribution in [3.8, 4) is 0 Å². The summed E-state index contributed by atoms with van der Waals surface area (Å²) in [6.07, 6.45) is 4.15. The molecule has 1 aromatic heterocycles. The SMILES string of the molecule is O=C(NC1(C(=O)Nc2ccccc2)CCCCC1)c1ccc2ccccc2n1. The lowest BCUT2D eigenvalue weighted by Crippen LogP contribution is -2.57. The number of rotatable bonds is 4. The van der Waals surface area contributed by atoms with E-state index in [4.69, 9.17) is 0 Å². The van der Waals surface area contributed by atoms with Crippen LogP contribution in [0.1, 0.15) is 42.6 Å². The number of nitrogens with one attached hydrogen (secondary N) is 2. The lowest BCUT2D eigenvalue weighted by Gasteiger charge is -2.36. The van der Waals surface area contributed by atoms with Gasteiger partial charge >= 0.3 is 0 Å². The van der Waals surface area contributed by atoms with Crippen molar-refractivity contribution in [3.05, 3.63) is 72.4 Å². The van der Waals surface area contributed by atoms with Crippen molar-refractivity contribution in [2.75, 3.05) is 5.32 Å². The van der Waals surface area contributed by atoms with Crippen molar-refractivity contribution >= 4 is 28.4 Å². The summed E-state index contributed by atoms with van der Waals surface area (Å²) in [7, 11) is 0. The maximum atomic E-state index is 13.1. The number of amides is 2. The summed E-state index contributed by atoms with van der Waals surface area (Å²) in [5, 5.41) is 6.96. The molecule has 0 atom stereocenters. The highest BCUT2D eigenvalue weighted by molar-refractivity contribution is 6.03. The van der Waals surface area contributed by atoms with Crippen LogP contribution >= 0.6 is 0 Å². The summed E-state index contributed by atoms with van der Waals surface area (Å²) in [5.41, 5.74) is 0.923. The number of fused-ring (bicyclic) bond motifs is 1. The van der Waals surface area contributed by atoms with E-state index in [1.165, 1.54) is 0 Å². The van der Waals surface area contributed by atoms with E-state index in [1.54, 1.807) is 6.07 Å². The molecule has 1 aliphatic rings. The number of carbonyl (C=O) groups excluding carboxylic acids is 2. The first-order chi connectivity index (χ1) is 13.7. The highest BCUT2D eigenvalue weighted by Crippen LogP contribution is 2.30. The number of pyridine rings is 1. The van der Waals surface area contributed by atoms with Crippen LogP contribution in [0.2, 0.25) is 0 Å². The molecule has 2 N–H and O–H groups in total. The second-order valence-electron chi connectivity index (χ2n) is 7.31. The van der Waals surface area contributed by atoms with Gasteiger partial charge in [0.25, 0.3) is 5.91 Å². The maximum absolute atomic E-state index is 13.1. The minimum atomic E-state index is -0.904. The van der Waals surface area contributed by atoms with Crippen molar-refractivity contribution in [2.24, 2.45) is 0 Å². The van der Waals surface area contributed by atoms with E-state index >= 15 is 0 Å². The van der Waals surface area contributed by atoms with Crippen LogP contribution in [0.4, 0.5) is 5.69 Å². The van der Waals surface area contributed by atoms with Crippen molar-refractivity contribution in [1.29, 1.82) is 0 Å². The van der Waals surface area contributed by atoms with Gasteiger partial charge in [0.05, 0.1) is 5.52 Å². The fourth-order valence-electron chi connectivity index (χ4n) is 3.81. The number of para-hydroxylation sites is 2. The molecule has 0 unspecified atom stereocenters. The molecule has 0 spiro atoms. The van der Waals surface area contributed by atoms with E-state index in [9.17, 15) is 9.59 Å². The van der Waals surface area contributed by atoms with Gasteiger partial charge in [0.1, 0.15) is 11.2 Å². The normalized spacial score (nSPS) is 15.7. The van der Waals surface area contributed by atoms with Gasteiger partial charge in [-0.1, -0.05) is 61.7 Å². The van der Waals surface area contributed by atoms with Crippen molar-refractivity contribution in [1.82, 2.24) is 10.3 Å². The second-order valence-corrected chi connectivity index (χ2v) is 7.31. The monoisotopic (exact) mass is 373 g/mol. The topological polar surface area (TPSA) is 71.1 Å². The quantitative estimate of drug-likeness (QED) is 0.716. The smallest absolute Gasteiger partial charge is 0.270 e. The molecular formula is C23H23N3O2. The van der Waals surface area contributed by atoms with Gasteiger partial charge in [0.15, 0.2) is 0 Å². The third kappa shape index (κ3) is 3.74. The maximum Gasteiger partial charge on any atom is 0.270 e. The summed E-state index contributed by atoms with van der Waals surface area (Å²) >= 11 is 0. The Morgan fingerprint density at radius 2 is 1.54 bits per heavy atom. The molecule has 2 aromatic carbocycles. The van der Waals surface area contributed by atoms with Crippen LogP contribution in [-0.2, 0) is 4.79 Å². The molecule has 4 rings (SSSR count). The fraction of sp³-hybridized carbons (Fsp3) is 0.261. The summed E-state index contributed by atoms with van der Waals surface area (Å²) < 4.78 is 0. The van der Waals surface area contributed by atoms with Crippen molar-refractivity contribution < 1.29 is 9.59 Å². The van der Waals surface area contributed by atoms with Crippen LogP contribution in [0.5, 0.6) is 0 Å². The first-order valence-corrected chi connectivity index (χ1v) is 9.71. The largest absolute Gasteiger partial charge is 0.336 e. The Morgan fingerprint density at radius 3 is 2.32 bits per heavy atom. The number of hydrogen-bond donors (Lipinski definition) is 2. The lowest BCUT2D eigenvalue weighted by molar-refractivity contribution is -0.123. The predicted molar refractivity (Wildman–Crippen MR) is 110 cm³/mol. The van der Waals surface area contributed by atoms with Crippen LogP contribution in [0.3, 0.4) is 0 Å². The number of hydrogen-bond acceptors (Lipinski definition) is 3. The molecule has 28 heavy (non-hydrogen) atoms. The first-order valence-electron chi connectivity index (χ1n) is 9.71. The molecule has 1 saturated carbocycles. The molecule has 142 valence electrons. The number of benzene rings is 2. The van der Waals surface area contributed by atoms with E-state index in [0.717, 1.165) is 35.9 Å². The molecule has 2 amide bonds. The molecule has 5 nitrogen and oxygen atoms in total. The number of carbonyl (C=O) groups is 2. The molecule has 0 radical (unpaired) electrons. The predicted octanol–water partition coefficient (Wildman–Crippen LogP) is 4.31. The van der Waals surface area contributed by atoms with Crippen LogP contribution < -0.4 is 10.6 Å². The number of anilines is 1. The molecule has 1 heterocycles. The third-order valence-electron chi connectivity index (χ3n) is 5.36. The average molecular weight is 373 g/mol. The van der Waals surface area contributed by atoms with Crippen LogP contribution in [0.25, 0.3) is 10.9 Å². The Labute approximate surface area is 164 Å². The molecule has 1 fully saturated rings. The highest BCUT2D eigenvalue weighted by atomic mass is 16.2. The molecule has 0 bridgehead atoms. The number of aromatic nitrogens is 1. The van der Waals surface area contributed by atoms with Gasteiger partial charge < -0.3 is 10.6 Å². The van der Waals surface area contributed by atoms with Crippen LogP contribution in [-0.4, -0.2) is 22.3 Å². The highest BCUT2D eigenvalue weighted by Gasteiger charge is 2.41. The Hall–Kier alpha value is -3.21. The van der Waals surface area contributed by atoms with Crippen LogP contribution in [0.15, 0.2) is 66.7 Å². The van der Waals surface area contributed by atoms with Gasteiger partial charge in [-0.15, -0.1) is 0 Å². The average Bonchev–Trinajstić information content (AvgIpc) is 2.74. The Balaban J connectivity index is 1.58. The summed E-state index contributed by atoms with van der Waals surface area (Å²) in [5.74, 6) is -0.469. The van der Waals surface area contributed by atoms with Gasteiger partial charge in [-0.2, -0.15) is 0 Å². The molecule has 1 aliphatic carbocycles. The van der Waals surface area contributed by atoms with E-state index < -0.39 is 5.54 Å². The van der Waals surface area contributed by atoms with Crippen LogP contribution in [0, 0.1) is 0 Å². The minimum Gasteiger partial charge on any atom is -0.336 e. The molecule has 5 heteroatoms. The Morgan fingerprint density at radius 1 is 0.821 bits per heavy atom. The standard InChI is InChI=1S/C23H23N3O2/c27-21(20-14-13-17-9-5-6-12-19(17)25-20)26-23(15-7-2-8-16-23)22(28)24-18-10-3-1-4-11-18/h1,3-6,9-14H,2,7-8,15-16H2,(H,24,28)(H,26,27). The molecule has 0 aliphatic heterocycles. The Kier molecular flexibility index (Phi) is 5.06. The van der Waals surface area contributed by atoms with E-state index in [1.807, 2.05) is 60.7 Å². The zero-order chi connectivity index (χ0) is 19.4. The van der Waals surface area contributed by atoms with Gasteiger partial charge in [-0.25, -0.2) is 4.98 Å². The van der Waals surface area contributed by atoms with E-state index in [0.29, 0.717) is 18.5 Å². The molecule has 0 saturated heterocycles. The molecule has 3 aromatic rings. The van der Waals surface area contributed by atoms with Gasteiger partial charge in [-0.05, 0) is 37.1 Å². The zero-order valence-electron chi connectivity index (χ0n) is 15.7. The zero-order valence-corrected chi connectivity index (χ0v) is 15.7. The lowest BCUT2D eigenvalue weighted by atomic mass is 9.80. The molecular weight excluding hydrogens is 350 g/mol.